The van der Waals surface area contributed by atoms with Crippen LogP contribution in [0.25, 0.3) is 0 Å². The second-order valence-corrected chi connectivity index (χ2v) is 7.14. The molecule has 1 unspecified atom stereocenters. The molecule has 0 bridgehead atoms. The van der Waals surface area contributed by atoms with Crippen LogP contribution in [-0.4, -0.2) is 40.5 Å². The fourth-order valence-corrected chi connectivity index (χ4v) is 3.82. The van der Waals surface area contributed by atoms with E-state index in [1.807, 2.05) is 11.8 Å². The lowest BCUT2D eigenvalue weighted by Gasteiger charge is -2.32. The van der Waals surface area contributed by atoms with Crippen molar-refractivity contribution in [2.75, 3.05) is 19.7 Å². The molecule has 0 radical (unpaired) electrons. The number of benzene rings is 1. The predicted molar refractivity (Wildman–Crippen MR) is 95.4 cm³/mol. The molecule has 1 amide bonds. The first-order chi connectivity index (χ1) is 12.2. The molecule has 1 saturated heterocycles. The summed E-state index contributed by atoms with van der Waals surface area (Å²) >= 11 is 0. The van der Waals surface area contributed by atoms with Gasteiger partial charge in [0, 0.05) is 18.4 Å². The van der Waals surface area contributed by atoms with Gasteiger partial charge in [0.25, 0.3) is 0 Å². The SMILES string of the molecule is Cc1cnc(C2CN(C(=O)Cc3ccc4c(c3)CCCC4)CCO2)[nH]1. The molecule has 5 nitrogen and oxygen atoms in total. The van der Waals surface area contributed by atoms with Crippen molar-refractivity contribution in [3.63, 3.8) is 0 Å². The first-order valence-corrected chi connectivity index (χ1v) is 9.20. The van der Waals surface area contributed by atoms with Crippen molar-refractivity contribution >= 4 is 5.91 Å². The summed E-state index contributed by atoms with van der Waals surface area (Å²) in [6.07, 6.45) is 6.98. The zero-order valence-corrected chi connectivity index (χ0v) is 14.8. The van der Waals surface area contributed by atoms with E-state index in [1.165, 1.54) is 30.4 Å². The molecule has 132 valence electrons. The zero-order chi connectivity index (χ0) is 17.2. The molecule has 25 heavy (non-hydrogen) atoms. The number of carbonyl (C=O) groups is 1. The normalized spacial score (nSPS) is 20.4. The van der Waals surface area contributed by atoms with Gasteiger partial charge in [-0.2, -0.15) is 0 Å². The molecule has 2 heterocycles. The van der Waals surface area contributed by atoms with E-state index >= 15 is 0 Å². The van der Waals surface area contributed by atoms with Crippen LogP contribution in [0.3, 0.4) is 0 Å². The van der Waals surface area contributed by atoms with Crippen LogP contribution in [0.5, 0.6) is 0 Å². The number of fused-ring (bicyclic) bond motifs is 1. The van der Waals surface area contributed by atoms with E-state index in [-0.39, 0.29) is 12.0 Å². The maximum Gasteiger partial charge on any atom is 0.227 e. The van der Waals surface area contributed by atoms with E-state index in [9.17, 15) is 4.79 Å². The number of nitrogens with zero attached hydrogens (tertiary/aromatic N) is 2. The van der Waals surface area contributed by atoms with Crippen molar-refractivity contribution in [1.29, 1.82) is 0 Å². The largest absolute Gasteiger partial charge is 0.367 e. The number of aromatic nitrogens is 2. The number of imidazole rings is 1. The molecule has 0 spiro atoms. The quantitative estimate of drug-likeness (QED) is 0.935. The van der Waals surface area contributed by atoms with E-state index in [4.69, 9.17) is 4.74 Å². The van der Waals surface area contributed by atoms with Gasteiger partial charge >= 0.3 is 0 Å². The molecule has 1 aromatic carbocycles. The standard InChI is InChI=1S/C20H25N3O2/c1-14-12-21-20(22-14)18-13-23(8-9-25-18)19(24)11-15-6-7-16-4-2-3-5-17(16)10-15/h6-7,10,12,18H,2-5,8-9,11,13H2,1H3,(H,21,22). The third-order valence-electron chi connectivity index (χ3n) is 5.21. The highest BCUT2D eigenvalue weighted by Crippen LogP contribution is 2.24. The summed E-state index contributed by atoms with van der Waals surface area (Å²) in [4.78, 5) is 22.2. The van der Waals surface area contributed by atoms with Crippen molar-refractivity contribution in [1.82, 2.24) is 14.9 Å². The summed E-state index contributed by atoms with van der Waals surface area (Å²) < 4.78 is 5.79. The number of hydrogen-bond acceptors (Lipinski definition) is 3. The molecule has 4 rings (SSSR count). The number of rotatable bonds is 3. The minimum absolute atomic E-state index is 0.157. The van der Waals surface area contributed by atoms with Crippen molar-refractivity contribution in [2.45, 2.75) is 45.1 Å². The zero-order valence-electron chi connectivity index (χ0n) is 14.8. The van der Waals surface area contributed by atoms with Gasteiger partial charge in [-0.05, 0) is 49.3 Å². The molecule has 1 aliphatic heterocycles. The van der Waals surface area contributed by atoms with Gasteiger partial charge in [0.15, 0.2) is 0 Å². The van der Waals surface area contributed by atoms with Crippen LogP contribution >= 0.6 is 0 Å². The minimum atomic E-state index is -0.157. The van der Waals surface area contributed by atoms with Crippen LogP contribution in [-0.2, 0) is 28.8 Å². The molecule has 1 atom stereocenters. The van der Waals surface area contributed by atoms with Gasteiger partial charge in [0.1, 0.15) is 11.9 Å². The Kier molecular flexibility index (Phi) is 4.57. The van der Waals surface area contributed by atoms with Crippen molar-refractivity contribution < 1.29 is 9.53 Å². The summed E-state index contributed by atoms with van der Waals surface area (Å²) in [5, 5.41) is 0. The van der Waals surface area contributed by atoms with E-state index in [1.54, 1.807) is 6.20 Å². The van der Waals surface area contributed by atoms with Crippen LogP contribution in [0.1, 0.15) is 47.2 Å². The molecule has 1 aromatic heterocycles. The number of nitrogens with one attached hydrogen (secondary N) is 1. The maximum absolute atomic E-state index is 12.8. The highest BCUT2D eigenvalue weighted by molar-refractivity contribution is 5.79. The number of aromatic amines is 1. The Hall–Kier alpha value is -2.14. The Morgan fingerprint density at radius 2 is 2.16 bits per heavy atom. The van der Waals surface area contributed by atoms with E-state index in [2.05, 4.69) is 28.2 Å². The van der Waals surface area contributed by atoms with Crippen molar-refractivity contribution in [3.05, 3.63) is 52.6 Å². The second-order valence-electron chi connectivity index (χ2n) is 7.14. The van der Waals surface area contributed by atoms with Crippen LogP contribution in [0, 0.1) is 6.92 Å². The first kappa shape index (κ1) is 16.3. The molecule has 2 aromatic rings. The number of morpholine rings is 1. The molecular formula is C20H25N3O2. The highest BCUT2D eigenvalue weighted by Gasteiger charge is 2.27. The third-order valence-corrected chi connectivity index (χ3v) is 5.21. The van der Waals surface area contributed by atoms with Gasteiger partial charge in [0.05, 0.1) is 19.6 Å². The lowest BCUT2D eigenvalue weighted by atomic mass is 9.90. The second kappa shape index (κ2) is 7.00. The third kappa shape index (κ3) is 3.61. The number of H-pyrrole nitrogens is 1. The number of ether oxygens (including phenoxy) is 1. The summed E-state index contributed by atoms with van der Waals surface area (Å²) in [7, 11) is 0. The fourth-order valence-electron chi connectivity index (χ4n) is 3.82. The van der Waals surface area contributed by atoms with Gasteiger partial charge in [-0.15, -0.1) is 0 Å². The number of carbonyl (C=O) groups excluding carboxylic acids is 1. The number of amides is 1. The first-order valence-electron chi connectivity index (χ1n) is 9.20. The van der Waals surface area contributed by atoms with E-state index < -0.39 is 0 Å². The van der Waals surface area contributed by atoms with Gasteiger partial charge in [0.2, 0.25) is 5.91 Å². The summed E-state index contributed by atoms with van der Waals surface area (Å²) in [5.41, 5.74) is 5.03. The summed E-state index contributed by atoms with van der Waals surface area (Å²) in [6.45, 7) is 3.75. The van der Waals surface area contributed by atoms with Gasteiger partial charge in [-0.1, -0.05) is 18.2 Å². The Balaban J connectivity index is 1.42. The summed E-state index contributed by atoms with van der Waals surface area (Å²) in [5.74, 6) is 0.983. The lowest BCUT2D eigenvalue weighted by Crippen LogP contribution is -2.43. The van der Waals surface area contributed by atoms with Crippen LogP contribution in [0.4, 0.5) is 0 Å². The smallest absolute Gasteiger partial charge is 0.227 e. The number of aryl methyl sites for hydroxylation is 3. The molecular weight excluding hydrogens is 314 g/mol. The molecule has 1 fully saturated rings. The predicted octanol–water partition coefficient (Wildman–Crippen LogP) is 2.74. The van der Waals surface area contributed by atoms with Gasteiger partial charge < -0.3 is 14.6 Å². The lowest BCUT2D eigenvalue weighted by molar-refractivity contribution is -0.138. The number of hydrogen-bond donors (Lipinski definition) is 1. The topological polar surface area (TPSA) is 58.2 Å². The maximum atomic E-state index is 12.8. The molecule has 5 heteroatoms. The highest BCUT2D eigenvalue weighted by atomic mass is 16.5. The Morgan fingerprint density at radius 1 is 1.32 bits per heavy atom. The van der Waals surface area contributed by atoms with Gasteiger partial charge in [-0.25, -0.2) is 4.98 Å². The summed E-state index contributed by atoms with van der Waals surface area (Å²) in [6, 6.07) is 6.57. The van der Waals surface area contributed by atoms with Crippen LogP contribution < -0.4 is 0 Å². The van der Waals surface area contributed by atoms with Crippen LogP contribution in [0.2, 0.25) is 0 Å². The Bertz CT molecular complexity index is 768. The molecule has 1 N–H and O–H groups in total. The van der Waals surface area contributed by atoms with Crippen molar-refractivity contribution in [3.8, 4) is 0 Å². The van der Waals surface area contributed by atoms with Gasteiger partial charge in [-0.3, -0.25) is 4.79 Å². The molecule has 2 aliphatic rings. The average Bonchev–Trinajstić information content (AvgIpc) is 3.08. The average molecular weight is 339 g/mol. The molecule has 0 saturated carbocycles. The Labute approximate surface area is 148 Å². The van der Waals surface area contributed by atoms with E-state index in [0.29, 0.717) is 26.1 Å². The van der Waals surface area contributed by atoms with E-state index in [0.717, 1.165) is 23.5 Å². The van der Waals surface area contributed by atoms with Crippen molar-refractivity contribution in [2.24, 2.45) is 0 Å². The Morgan fingerprint density at radius 3 is 2.96 bits per heavy atom. The monoisotopic (exact) mass is 339 g/mol. The molecule has 1 aliphatic carbocycles. The minimum Gasteiger partial charge on any atom is -0.367 e. The van der Waals surface area contributed by atoms with Crippen LogP contribution in [0.15, 0.2) is 24.4 Å². The fraction of sp³-hybridized carbons (Fsp3) is 0.500.